The summed E-state index contributed by atoms with van der Waals surface area (Å²) in [7, 11) is 3.08. The second-order valence-electron chi connectivity index (χ2n) is 5.43. The number of amides is 1. The highest BCUT2D eigenvalue weighted by Gasteiger charge is 2.16. The first-order valence-corrected chi connectivity index (χ1v) is 7.53. The van der Waals surface area contributed by atoms with E-state index in [1.807, 2.05) is 0 Å². The summed E-state index contributed by atoms with van der Waals surface area (Å²) in [6.07, 6.45) is 0. The van der Waals surface area contributed by atoms with Crippen LogP contribution in [0.1, 0.15) is 27.0 Å². The molecule has 5 heteroatoms. The van der Waals surface area contributed by atoms with Gasteiger partial charge >= 0.3 is 0 Å². The molecule has 0 saturated carbocycles. The van der Waals surface area contributed by atoms with E-state index in [1.54, 1.807) is 25.3 Å². The van der Waals surface area contributed by atoms with E-state index in [1.165, 1.54) is 18.2 Å². The largest absolute Gasteiger partial charge is 0.493 e. The third-order valence-corrected chi connectivity index (χ3v) is 4.00. The average Bonchev–Trinajstić information content (AvgIpc) is 3.06. The van der Waals surface area contributed by atoms with Crippen LogP contribution >= 0.6 is 0 Å². The fourth-order valence-electron chi connectivity index (χ4n) is 2.80. The van der Waals surface area contributed by atoms with Gasteiger partial charge < -0.3 is 20.1 Å². The van der Waals surface area contributed by atoms with Crippen molar-refractivity contribution in [1.82, 2.24) is 10.6 Å². The molecule has 0 unspecified atom stereocenters. The molecule has 0 atom stereocenters. The fraction of sp³-hybridized carbons (Fsp3) is 0.278. The van der Waals surface area contributed by atoms with Gasteiger partial charge in [0.05, 0.1) is 19.8 Å². The maximum Gasteiger partial charge on any atom is 0.255 e. The Bertz CT molecular complexity index is 728. The number of hydrogen-bond donors (Lipinski definition) is 2. The van der Waals surface area contributed by atoms with Gasteiger partial charge in [-0.3, -0.25) is 4.79 Å². The Morgan fingerprint density at radius 1 is 1.13 bits per heavy atom. The van der Waals surface area contributed by atoms with Crippen LogP contribution in [0, 0.1) is 0 Å². The number of para-hydroxylation sites is 1. The number of hydrogen-bond acceptors (Lipinski definition) is 4. The standard InChI is InChI=1S/C18H20N2O3/c1-22-16-5-3-4-15(17(16)23-2)18(21)20-9-12-6-7-13-10-19-11-14(13)8-12/h3-8,19H,9-11H2,1-2H3,(H,20,21). The van der Waals surface area contributed by atoms with Gasteiger partial charge in [0.2, 0.25) is 0 Å². The summed E-state index contributed by atoms with van der Waals surface area (Å²) in [5.74, 6) is 0.814. The molecule has 1 amide bonds. The van der Waals surface area contributed by atoms with Gasteiger partial charge in [-0.2, -0.15) is 0 Å². The van der Waals surface area contributed by atoms with Crippen molar-refractivity contribution >= 4 is 5.91 Å². The lowest BCUT2D eigenvalue weighted by Crippen LogP contribution is -2.23. The molecule has 23 heavy (non-hydrogen) atoms. The molecular weight excluding hydrogens is 292 g/mol. The topological polar surface area (TPSA) is 59.6 Å². The number of carbonyl (C=O) groups is 1. The zero-order valence-corrected chi connectivity index (χ0v) is 13.3. The molecule has 0 aliphatic carbocycles. The summed E-state index contributed by atoms with van der Waals surface area (Å²) in [4.78, 5) is 12.4. The van der Waals surface area contributed by atoms with Crippen LogP contribution in [-0.4, -0.2) is 20.1 Å². The van der Waals surface area contributed by atoms with E-state index in [0.717, 1.165) is 18.7 Å². The van der Waals surface area contributed by atoms with Crippen molar-refractivity contribution < 1.29 is 14.3 Å². The van der Waals surface area contributed by atoms with Crippen molar-refractivity contribution in [2.45, 2.75) is 19.6 Å². The van der Waals surface area contributed by atoms with Gasteiger partial charge in [0.1, 0.15) is 0 Å². The van der Waals surface area contributed by atoms with E-state index in [0.29, 0.717) is 23.6 Å². The molecule has 2 aromatic carbocycles. The molecule has 0 fully saturated rings. The number of methoxy groups -OCH3 is 2. The molecule has 1 aliphatic heterocycles. The molecule has 120 valence electrons. The predicted molar refractivity (Wildman–Crippen MR) is 87.7 cm³/mol. The first-order chi connectivity index (χ1) is 11.2. The molecule has 1 aliphatic rings. The second-order valence-corrected chi connectivity index (χ2v) is 5.43. The molecular formula is C18H20N2O3. The van der Waals surface area contributed by atoms with E-state index in [9.17, 15) is 4.79 Å². The van der Waals surface area contributed by atoms with E-state index in [4.69, 9.17) is 9.47 Å². The first kappa shape index (κ1) is 15.4. The maximum absolute atomic E-state index is 12.4. The average molecular weight is 312 g/mol. The number of nitrogens with one attached hydrogen (secondary N) is 2. The van der Waals surface area contributed by atoms with E-state index in [2.05, 4.69) is 28.8 Å². The third kappa shape index (κ3) is 3.14. The highest BCUT2D eigenvalue weighted by atomic mass is 16.5. The van der Waals surface area contributed by atoms with Gasteiger partial charge in [0, 0.05) is 19.6 Å². The highest BCUT2D eigenvalue weighted by molar-refractivity contribution is 5.97. The van der Waals surface area contributed by atoms with E-state index >= 15 is 0 Å². The Morgan fingerprint density at radius 2 is 1.96 bits per heavy atom. The zero-order chi connectivity index (χ0) is 16.2. The van der Waals surface area contributed by atoms with Crippen LogP contribution in [0.4, 0.5) is 0 Å². The zero-order valence-electron chi connectivity index (χ0n) is 13.3. The molecule has 0 spiro atoms. The Hall–Kier alpha value is -2.53. The minimum absolute atomic E-state index is 0.181. The number of fused-ring (bicyclic) bond motifs is 1. The van der Waals surface area contributed by atoms with Crippen molar-refractivity contribution in [1.29, 1.82) is 0 Å². The number of carbonyl (C=O) groups excluding carboxylic acids is 1. The molecule has 0 saturated heterocycles. The molecule has 2 aromatic rings. The lowest BCUT2D eigenvalue weighted by molar-refractivity contribution is 0.0947. The fourth-order valence-corrected chi connectivity index (χ4v) is 2.80. The van der Waals surface area contributed by atoms with Gasteiger partial charge in [-0.05, 0) is 28.8 Å². The highest BCUT2D eigenvalue weighted by Crippen LogP contribution is 2.30. The van der Waals surface area contributed by atoms with Gasteiger partial charge in [-0.1, -0.05) is 24.3 Å². The predicted octanol–water partition coefficient (Wildman–Crippen LogP) is 2.24. The minimum Gasteiger partial charge on any atom is -0.493 e. The summed E-state index contributed by atoms with van der Waals surface area (Å²) < 4.78 is 10.5. The first-order valence-electron chi connectivity index (χ1n) is 7.53. The SMILES string of the molecule is COc1cccc(C(=O)NCc2ccc3c(c2)CNC3)c1OC. The van der Waals surface area contributed by atoms with Crippen LogP contribution in [-0.2, 0) is 19.6 Å². The quantitative estimate of drug-likeness (QED) is 0.889. The van der Waals surface area contributed by atoms with Crippen LogP contribution in [0.25, 0.3) is 0 Å². The number of ether oxygens (including phenoxy) is 2. The third-order valence-electron chi connectivity index (χ3n) is 4.00. The van der Waals surface area contributed by atoms with E-state index in [-0.39, 0.29) is 5.91 Å². The Morgan fingerprint density at radius 3 is 2.74 bits per heavy atom. The lowest BCUT2D eigenvalue weighted by atomic mass is 10.1. The van der Waals surface area contributed by atoms with Gasteiger partial charge in [-0.15, -0.1) is 0 Å². The lowest BCUT2D eigenvalue weighted by Gasteiger charge is -2.13. The van der Waals surface area contributed by atoms with Crippen LogP contribution < -0.4 is 20.1 Å². The summed E-state index contributed by atoms with van der Waals surface area (Å²) in [5, 5.41) is 6.25. The van der Waals surface area contributed by atoms with Crippen molar-refractivity contribution in [2.75, 3.05) is 14.2 Å². The van der Waals surface area contributed by atoms with Crippen LogP contribution in [0.3, 0.4) is 0 Å². The number of benzene rings is 2. The normalized spacial score (nSPS) is 12.6. The molecule has 0 radical (unpaired) electrons. The monoisotopic (exact) mass is 312 g/mol. The van der Waals surface area contributed by atoms with Crippen LogP contribution in [0.2, 0.25) is 0 Å². The molecule has 0 aromatic heterocycles. The molecule has 3 rings (SSSR count). The van der Waals surface area contributed by atoms with Crippen LogP contribution in [0.5, 0.6) is 11.5 Å². The minimum atomic E-state index is -0.181. The molecule has 0 bridgehead atoms. The summed E-state index contributed by atoms with van der Waals surface area (Å²) in [5.41, 5.74) is 4.18. The van der Waals surface area contributed by atoms with E-state index < -0.39 is 0 Å². The van der Waals surface area contributed by atoms with Gasteiger partial charge in [0.15, 0.2) is 11.5 Å². The Kier molecular flexibility index (Phi) is 4.48. The smallest absolute Gasteiger partial charge is 0.255 e. The maximum atomic E-state index is 12.4. The van der Waals surface area contributed by atoms with Crippen molar-refractivity contribution in [2.24, 2.45) is 0 Å². The Balaban J connectivity index is 1.72. The van der Waals surface area contributed by atoms with Gasteiger partial charge in [0.25, 0.3) is 5.91 Å². The Labute approximate surface area is 135 Å². The summed E-state index contributed by atoms with van der Waals surface area (Å²) in [6, 6.07) is 11.6. The van der Waals surface area contributed by atoms with Crippen molar-refractivity contribution in [3.63, 3.8) is 0 Å². The molecule has 1 heterocycles. The van der Waals surface area contributed by atoms with Crippen LogP contribution in [0.15, 0.2) is 36.4 Å². The van der Waals surface area contributed by atoms with Crippen molar-refractivity contribution in [3.8, 4) is 11.5 Å². The molecule has 2 N–H and O–H groups in total. The number of rotatable bonds is 5. The van der Waals surface area contributed by atoms with Crippen molar-refractivity contribution in [3.05, 3.63) is 58.7 Å². The van der Waals surface area contributed by atoms with Gasteiger partial charge in [-0.25, -0.2) is 0 Å². The molecule has 5 nitrogen and oxygen atoms in total. The second kappa shape index (κ2) is 6.71. The summed E-state index contributed by atoms with van der Waals surface area (Å²) in [6.45, 7) is 2.29. The summed E-state index contributed by atoms with van der Waals surface area (Å²) >= 11 is 0.